The molecule has 3 nitrogen and oxygen atoms in total. The molecule has 2 N–H and O–H groups in total. The van der Waals surface area contributed by atoms with Crippen LogP contribution in [0.3, 0.4) is 0 Å². The van der Waals surface area contributed by atoms with Crippen molar-refractivity contribution in [2.45, 2.75) is 0 Å². The molecule has 1 fully saturated rings. The number of thiocarbonyl (C=S) groups is 1. The number of thioether (sulfide) groups is 1. The van der Waals surface area contributed by atoms with Crippen molar-refractivity contribution in [1.29, 1.82) is 0 Å². The first-order valence-electron chi connectivity index (χ1n) is 4.04. The van der Waals surface area contributed by atoms with Gasteiger partial charge in [0.1, 0.15) is 4.32 Å². The van der Waals surface area contributed by atoms with Crippen LogP contribution in [0.4, 0.5) is 11.4 Å². The van der Waals surface area contributed by atoms with E-state index >= 15 is 0 Å². The average molecular weight is 224 g/mol. The summed E-state index contributed by atoms with van der Waals surface area (Å²) in [7, 11) is 0. The molecule has 5 heteroatoms. The van der Waals surface area contributed by atoms with Crippen molar-refractivity contribution in [2.75, 3.05) is 16.4 Å². The molecule has 0 saturated carbocycles. The minimum Gasteiger partial charge on any atom is -0.399 e. The van der Waals surface area contributed by atoms with Crippen molar-refractivity contribution < 1.29 is 4.79 Å². The molecule has 1 aromatic rings. The summed E-state index contributed by atoms with van der Waals surface area (Å²) in [5.74, 6) is 0.466. The summed E-state index contributed by atoms with van der Waals surface area (Å²) in [6.07, 6.45) is 0. The first-order chi connectivity index (χ1) is 6.68. The average Bonchev–Trinajstić information content (AvgIpc) is 2.49. The van der Waals surface area contributed by atoms with Crippen LogP contribution in [0.1, 0.15) is 0 Å². The molecular weight excluding hydrogens is 216 g/mol. The molecule has 1 aromatic carbocycles. The van der Waals surface area contributed by atoms with Crippen molar-refractivity contribution in [2.24, 2.45) is 0 Å². The molecule has 14 heavy (non-hydrogen) atoms. The van der Waals surface area contributed by atoms with E-state index in [-0.39, 0.29) is 5.91 Å². The lowest BCUT2D eigenvalue weighted by Crippen LogP contribution is -2.27. The van der Waals surface area contributed by atoms with Gasteiger partial charge in [0.05, 0.1) is 11.4 Å². The Balaban J connectivity index is 2.34. The number of nitrogens with two attached hydrogens (primary N) is 1. The lowest BCUT2D eigenvalue weighted by atomic mass is 10.2. The lowest BCUT2D eigenvalue weighted by Gasteiger charge is -2.14. The van der Waals surface area contributed by atoms with Crippen LogP contribution < -0.4 is 10.6 Å². The Kier molecular flexibility index (Phi) is 2.43. The maximum absolute atomic E-state index is 11.5. The Morgan fingerprint density at radius 3 is 2.50 bits per heavy atom. The third-order valence-electron chi connectivity index (χ3n) is 1.90. The van der Waals surface area contributed by atoms with Crippen molar-refractivity contribution >= 4 is 45.6 Å². The van der Waals surface area contributed by atoms with Crippen LogP contribution in [-0.4, -0.2) is 16.0 Å². The van der Waals surface area contributed by atoms with Crippen LogP contribution in [-0.2, 0) is 4.79 Å². The minimum absolute atomic E-state index is 0.0322. The van der Waals surface area contributed by atoms with Crippen LogP contribution in [0.25, 0.3) is 0 Å². The molecule has 1 aliphatic heterocycles. The Hall–Kier alpha value is -1.07. The van der Waals surface area contributed by atoms with E-state index in [1.807, 2.05) is 0 Å². The molecule has 0 atom stereocenters. The Morgan fingerprint density at radius 2 is 2.00 bits per heavy atom. The van der Waals surface area contributed by atoms with Gasteiger partial charge in [0.15, 0.2) is 0 Å². The normalized spacial score (nSPS) is 16.4. The van der Waals surface area contributed by atoms with E-state index in [0.717, 1.165) is 5.69 Å². The second-order valence-corrected chi connectivity index (χ2v) is 4.48. The summed E-state index contributed by atoms with van der Waals surface area (Å²) in [6, 6.07) is 7.11. The van der Waals surface area contributed by atoms with E-state index in [0.29, 0.717) is 15.8 Å². The predicted molar refractivity (Wildman–Crippen MR) is 63.4 cm³/mol. The number of nitrogens with zero attached hydrogens (tertiary/aromatic N) is 1. The van der Waals surface area contributed by atoms with Crippen LogP contribution in [0, 0.1) is 0 Å². The van der Waals surface area contributed by atoms with Gasteiger partial charge in [-0.3, -0.25) is 9.69 Å². The molecule has 72 valence electrons. The summed E-state index contributed by atoms with van der Waals surface area (Å²) in [4.78, 5) is 13.0. The molecule has 1 aliphatic rings. The largest absolute Gasteiger partial charge is 0.399 e. The Bertz CT molecular complexity index is 372. The summed E-state index contributed by atoms with van der Waals surface area (Å²) in [6.45, 7) is 0. The van der Waals surface area contributed by atoms with Gasteiger partial charge >= 0.3 is 0 Å². The van der Waals surface area contributed by atoms with E-state index in [1.165, 1.54) is 11.8 Å². The number of carbonyl (C=O) groups excluding carboxylic acids is 1. The highest BCUT2D eigenvalue weighted by Crippen LogP contribution is 2.26. The van der Waals surface area contributed by atoms with Gasteiger partial charge in [0.25, 0.3) is 0 Å². The number of hydrogen-bond acceptors (Lipinski definition) is 4. The molecule has 0 unspecified atom stereocenters. The fraction of sp³-hybridized carbons (Fsp3) is 0.111. The summed E-state index contributed by atoms with van der Waals surface area (Å²) in [5, 5.41) is 0. The van der Waals surface area contributed by atoms with E-state index in [1.54, 1.807) is 29.2 Å². The summed E-state index contributed by atoms with van der Waals surface area (Å²) < 4.78 is 0.611. The second kappa shape index (κ2) is 3.59. The van der Waals surface area contributed by atoms with Crippen molar-refractivity contribution in [3.05, 3.63) is 24.3 Å². The predicted octanol–water partition coefficient (Wildman–Crippen LogP) is 1.63. The molecule has 0 bridgehead atoms. The number of rotatable bonds is 1. The number of anilines is 2. The lowest BCUT2D eigenvalue weighted by molar-refractivity contribution is -0.115. The van der Waals surface area contributed by atoms with Gasteiger partial charge in [-0.15, -0.1) is 0 Å². The number of carbonyl (C=O) groups is 1. The molecule has 2 rings (SSSR count). The van der Waals surface area contributed by atoms with Crippen LogP contribution in [0.5, 0.6) is 0 Å². The fourth-order valence-corrected chi connectivity index (χ4v) is 2.32. The molecule has 1 heterocycles. The van der Waals surface area contributed by atoms with E-state index in [4.69, 9.17) is 18.0 Å². The topological polar surface area (TPSA) is 46.3 Å². The molecular formula is C9H8N2OS2. The maximum Gasteiger partial charge on any atom is 0.243 e. The van der Waals surface area contributed by atoms with Crippen LogP contribution >= 0.6 is 24.0 Å². The van der Waals surface area contributed by atoms with Gasteiger partial charge in [-0.1, -0.05) is 24.0 Å². The van der Waals surface area contributed by atoms with Gasteiger partial charge in [0, 0.05) is 5.69 Å². The quantitative estimate of drug-likeness (QED) is 0.582. The summed E-state index contributed by atoms with van der Waals surface area (Å²) in [5.41, 5.74) is 7.02. The molecule has 0 radical (unpaired) electrons. The first-order valence-corrected chi connectivity index (χ1v) is 5.43. The van der Waals surface area contributed by atoms with E-state index in [9.17, 15) is 4.79 Å². The van der Waals surface area contributed by atoms with Crippen molar-refractivity contribution in [1.82, 2.24) is 0 Å². The monoisotopic (exact) mass is 224 g/mol. The highest BCUT2D eigenvalue weighted by Gasteiger charge is 2.27. The van der Waals surface area contributed by atoms with Gasteiger partial charge in [-0.25, -0.2) is 0 Å². The highest BCUT2D eigenvalue weighted by atomic mass is 32.2. The second-order valence-electron chi connectivity index (χ2n) is 2.88. The summed E-state index contributed by atoms with van der Waals surface area (Å²) >= 11 is 6.46. The molecule has 0 spiro atoms. The molecule has 0 aromatic heterocycles. The highest BCUT2D eigenvalue weighted by molar-refractivity contribution is 8.24. The van der Waals surface area contributed by atoms with Gasteiger partial charge in [-0.05, 0) is 24.3 Å². The van der Waals surface area contributed by atoms with E-state index < -0.39 is 0 Å². The minimum atomic E-state index is 0.0322. The standard InChI is InChI=1S/C9H8N2OS2/c10-6-1-3-7(4-2-6)11-8(12)5-14-9(11)13/h1-4H,5,10H2. The van der Waals surface area contributed by atoms with Crippen LogP contribution in [0.15, 0.2) is 24.3 Å². The van der Waals surface area contributed by atoms with E-state index in [2.05, 4.69) is 0 Å². The third kappa shape index (κ3) is 1.60. The molecule has 0 aliphatic carbocycles. The third-order valence-corrected chi connectivity index (χ3v) is 3.26. The van der Waals surface area contributed by atoms with Gasteiger partial charge in [0.2, 0.25) is 5.91 Å². The SMILES string of the molecule is Nc1ccc(N2C(=O)CSC2=S)cc1. The van der Waals surface area contributed by atoms with Crippen molar-refractivity contribution in [3.63, 3.8) is 0 Å². The van der Waals surface area contributed by atoms with Crippen molar-refractivity contribution in [3.8, 4) is 0 Å². The van der Waals surface area contributed by atoms with Crippen LogP contribution in [0.2, 0.25) is 0 Å². The smallest absolute Gasteiger partial charge is 0.243 e. The Morgan fingerprint density at radius 1 is 1.36 bits per heavy atom. The first kappa shape index (κ1) is 9.48. The zero-order valence-corrected chi connectivity index (χ0v) is 8.90. The zero-order valence-electron chi connectivity index (χ0n) is 7.27. The Labute approximate surface area is 91.3 Å². The van der Waals surface area contributed by atoms with Gasteiger partial charge in [-0.2, -0.15) is 0 Å². The molecule has 1 saturated heterocycles. The van der Waals surface area contributed by atoms with Gasteiger partial charge < -0.3 is 5.73 Å². The number of amides is 1. The maximum atomic E-state index is 11.5. The number of hydrogen-bond donors (Lipinski definition) is 1. The number of nitrogen functional groups attached to an aromatic ring is 1. The zero-order chi connectivity index (χ0) is 10.1. The fourth-order valence-electron chi connectivity index (χ4n) is 1.23. The molecule has 1 amide bonds. The number of benzene rings is 1.